The van der Waals surface area contributed by atoms with Crippen molar-refractivity contribution < 1.29 is 9.59 Å². The van der Waals surface area contributed by atoms with Gasteiger partial charge in [0.15, 0.2) is 0 Å². The molecule has 5 heteroatoms. The summed E-state index contributed by atoms with van der Waals surface area (Å²) in [4.78, 5) is 30.6. The summed E-state index contributed by atoms with van der Waals surface area (Å²) in [5.74, 6) is 0.470. The van der Waals surface area contributed by atoms with Gasteiger partial charge in [-0.05, 0) is 44.2 Å². The molecule has 1 aromatic rings. The Bertz CT molecular complexity index is 698. The van der Waals surface area contributed by atoms with Gasteiger partial charge in [0, 0.05) is 24.2 Å². The lowest BCUT2D eigenvalue weighted by Gasteiger charge is -2.46. The van der Waals surface area contributed by atoms with Crippen LogP contribution in [0.4, 0.5) is 5.69 Å². The Hall–Kier alpha value is -2.04. The van der Waals surface area contributed by atoms with E-state index in [2.05, 4.69) is 34.2 Å². The van der Waals surface area contributed by atoms with Crippen LogP contribution in [-0.4, -0.2) is 42.0 Å². The van der Waals surface area contributed by atoms with E-state index in [4.69, 9.17) is 0 Å². The van der Waals surface area contributed by atoms with Crippen LogP contribution in [0.1, 0.15) is 64.7 Å². The summed E-state index contributed by atoms with van der Waals surface area (Å²) in [6, 6.07) is 10.2. The van der Waals surface area contributed by atoms with E-state index in [0.717, 1.165) is 31.4 Å². The third-order valence-electron chi connectivity index (χ3n) is 7.28. The molecule has 3 fully saturated rings. The van der Waals surface area contributed by atoms with Gasteiger partial charge in [0.2, 0.25) is 11.8 Å². The second-order valence-corrected chi connectivity index (χ2v) is 8.84. The molecule has 2 heterocycles. The zero-order chi connectivity index (χ0) is 19.6. The number of amides is 2. The van der Waals surface area contributed by atoms with Crippen molar-refractivity contribution in [3.8, 4) is 0 Å². The summed E-state index contributed by atoms with van der Waals surface area (Å²) in [5, 5.41) is 3.05. The van der Waals surface area contributed by atoms with Crippen LogP contribution in [0.15, 0.2) is 30.3 Å². The van der Waals surface area contributed by atoms with Gasteiger partial charge < -0.3 is 15.1 Å². The maximum atomic E-state index is 13.5. The number of benzene rings is 1. The molecule has 1 spiro atoms. The molecule has 0 unspecified atom stereocenters. The van der Waals surface area contributed by atoms with Crippen LogP contribution in [0.25, 0.3) is 0 Å². The van der Waals surface area contributed by atoms with Crippen LogP contribution in [-0.2, 0) is 9.59 Å². The number of carbonyl (C=O) groups excluding carboxylic acids is 2. The first-order chi connectivity index (χ1) is 13.6. The van der Waals surface area contributed by atoms with E-state index in [-0.39, 0.29) is 11.3 Å². The number of rotatable bonds is 4. The lowest BCUT2D eigenvalue weighted by Crippen LogP contribution is -2.59. The zero-order valence-electron chi connectivity index (χ0n) is 17.1. The molecule has 5 nitrogen and oxygen atoms in total. The van der Waals surface area contributed by atoms with Crippen molar-refractivity contribution in [1.82, 2.24) is 10.2 Å². The lowest BCUT2D eigenvalue weighted by atomic mass is 9.69. The van der Waals surface area contributed by atoms with E-state index in [9.17, 15) is 9.59 Å². The minimum absolute atomic E-state index is 0.115. The molecule has 4 rings (SSSR count). The number of anilines is 1. The second-order valence-electron chi connectivity index (χ2n) is 8.84. The van der Waals surface area contributed by atoms with Gasteiger partial charge in [-0.25, -0.2) is 0 Å². The number of carbonyl (C=O) groups is 2. The van der Waals surface area contributed by atoms with Gasteiger partial charge in [0.1, 0.15) is 5.54 Å². The van der Waals surface area contributed by atoms with Crippen molar-refractivity contribution in [1.29, 1.82) is 0 Å². The number of nitrogens with zero attached hydrogens (tertiary/aromatic N) is 2. The molecule has 2 saturated heterocycles. The largest absolute Gasteiger partial charge is 0.342 e. The Kier molecular flexibility index (Phi) is 5.35. The van der Waals surface area contributed by atoms with E-state index in [1.54, 1.807) is 0 Å². The molecular formula is C23H33N3O2. The summed E-state index contributed by atoms with van der Waals surface area (Å²) in [6.45, 7) is 4.11. The minimum Gasteiger partial charge on any atom is -0.342 e. The maximum Gasteiger partial charge on any atom is 0.247 e. The molecule has 2 aliphatic heterocycles. The summed E-state index contributed by atoms with van der Waals surface area (Å²) in [7, 11) is 0. The molecule has 0 bridgehead atoms. The SMILES string of the molecule is CCCC1(C(=O)N2CCC3(CC2)C(=O)NCN3c2ccccc2)CCCCC1. The number of hydrogen-bond acceptors (Lipinski definition) is 3. The molecule has 1 saturated carbocycles. The molecule has 3 aliphatic rings. The summed E-state index contributed by atoms with van der Waals surface area (Å²) < 4.78 is 0. The predicted octanol–water partition coefficient (Wildman–Crippen LogP) is 3.69. The highest BCUT2D eigenvalue weighted by molar-refractivity contribution is 5.94. The first-order valence-corrected chi connectivity index (χ1v) is 11.0. The Morgan fingerprint density at radius 3 is 2.36 bits per heavy atom. The van der Waals surface area contributed by atoms with E-state index < -0.39 is 5.54 Å². The molecule has 1 aliphatic carbocycles. The Balaban J connectivity index is 1.50. The van der Waals surface area contributed by atoms with Crippen LogP contribution < -0.4 is 10.2 Å². The quantitative estimate of drug-likeness (QED) is 0.863. The molecular weight excluding hydrogens is 350 g/mol. The number of hydrogen-bond donors (Lipinski definition) is 1. The van der Waals surface area contributed by atoms with Gasteiger partial charge in [0.05, 0.1) is 6.67 Å². The second kappa shape index (κ2) is 7.76. The van der Waals surface area contributed by atoms with E-state index in [1.165, 1.54) is 19.3 Å². The highest BCUT2D eigenvalue weighted by atomic mass is 16.2. The number of para-hydroxylation sites is 1. The Morgan fingerprint density at radius 2 is 1.71 bits per heavy atom. The minimum atomic E-state index is -0.511. The average molecular weight is 384 g/mol. The van der Waals surface area contributed by atoms with E-state index in [0.29, 0.717) is 38.5 Å². The standard InChI is InChI=1S/C23H33N3O2/c1-2-11-22(12-7-4-8-13-22)21(28)25-16-14-23(15-17-25)20(27)24-18-26(23)19-9-5-3-6-10-19/h3,5-6,9-10H,2,4,7-8,11-18H2,1H3,(H,24,27). The monoisotopic (exact) mass is 383 g/mol. The molecule has 1 N–H and O–H groups in total. The number of likely N-dealkylation sites (tertiary alicyclic amines) is 1. The van der Waals surface area contributed by atoms with Crippen molar-refractivity contribution in [3.05, 3.63) is 30.3 Å². The third-order valence-corrected chi connectivity index (χ3v) is 7.28. The fraction of sp³-hybridized carbons (Fsp3) is 0.652. The highest BCUT2D eigenvalue weighted by Crippen LogP contribution is 2.43. The molecule has 1 aromatic carbocycles. The smallest absolute Gasteiger partial charge is 0.247 e. The topological polar surface area (TPSA) is 52.7 Å². The van der Waals surface area contributed by atoms with Crippen LogP contribution in [0.2, 0.25) is 0 Å². The molecule has 2 amide bonds. The van der Waals surface area contributed by atoms with Crippen LogP contribution in [0.5, 0.6) is 0 Å². The molecule has 0 aromatic heterocycles. The van der Waals surface area contributed by atoms with E-state index in [1.807, 2.05) is 18.2 Å². The fourth-order valence-electron chi connectivity index (χ4n) is 5.73. The van der Waals surface area contributed by atoms with Crippen molar-refractivity contribution in [2.24, 2.45) is 5.41 Å². The van der Waals surface area contributed by atoms with Crippen LogP contribution >= 0.6 is 0 Å². The fourth-order valence-corrected chi connectivity index (χ4v) is 5.73. The summed E-state index contributed by atoms with van der Waals surface area (Å²) in [6.07, 6.45) is 9.17. The first-order valence-electron chi connectivity index (χ1n) is 11.0. The molecule has 28 heavy (non-hydrogen) atoms. The zero-order valence-corrected chi connectivity index (χ0v) is 17.1. The summed E-state index contributed by atoms with van der Waals surface area (Å²) >= 11 is 0. The van der Waals surface area contributed by atoms with Crippen molar-refractivity contribution in [2.75, 3.05) is 24.7 Å². The molecule has 0 atom stereocenters. The predicted molar refractivity (Wildman–Crippen MR) is 111 cm³/mol. The van der Waals surface area contributed by atoms with Gasteiger partial charge in [-0.15, -0.1) is 0 Å². The van der Waals surface area contributed by atoms with Gasteiger partial charge in [-0.1, -0.05) is 50.8 Å². The Labute approximate surface area is 168 Å². The lowest BCUT2D eigenvalue weighted by molar-refractivity contribution is -0.147. The number of piperidine rings is 1. The summed E-state index contributed by atoms with van der Waals surface area (Å²) in [5.41, 5.74) is 0.423. The van der Waals surface area contributed by atoms with Gasteiger partial charge in [-0.3, -0.25) is 9.59 Å². The Morgan fingerprint density at radius 1 is 1.04 bits per heavy atom. The average Bonchev–Trinajstić information content (AvgIpc) is 3.05. The maximum absolute atomic E-state index is 13.5. The van der Waals surface area contributed by atoms with Crippen LogP contribution in [0.3, 0.4) is 0 Å². The first kappa shape index (κ1) is 19.3. The van der Waals surface area contributed by atoms with Gasteiger partial charge >= 0.3 is 0 Å². The molecule has 0 radical (unpaired) electrons. The van der Waals surface area contributed by atoms with Gasteiger partial charge in [0.25, 0.3) is 0 Å². The van der Waals surface area contributed by atoms with Crippen LogP contribution in [0, 0.1) is 5.41 Å². The third kappa shape index (κ3) is 3.19. The highest BCUT2D eigenvalue weighted by Gasteiger charge is 2.52. The molecule has 152 valence electrons. The normalized spacial score (nSPS) is 23.7. The van der Waals surface area contributed by atoms with Crippen molar-refractivity contribution in [2.45, 2.75) is 70.3 Å². The van der Waals surface area contributed by atoms with Gasteiger partial charge in [-0.2, -0.15) is 0 Å². The van der Waals surface area contributed by atoms with E-state index >= 15 is 0 Å². The van der Waals surface area contributed by atoms with Crippen molar-refractivity contribution >= 4 is 17.5 Å². The van der Waals surface area contributed by atoms with Crippen molar-refractivity contribution in [3.63, 3.8) is 0 Å². The number of nitrogens with one attached hydrogen (secondary N) is 1.